The highest BCUT2D eigenvalue weighted by molar-refractivity contribution is 7.88. The third kappa shape index (κ3) is 5.46. The van der Waals surface area contributed by atoms with Crippen molar-refractivity contribution in [3.63, 3.8) is 0 Å². The fourth-order valence-corrected chi connectivity index (χ4v) is 6.01. The number of sulfonamides is 1. The van der Waals surface area contributed by atoms with Gasteiger partial charge in [0.15, 0.2) is 0 Å². The number of nitrogens with one attached hydrogen (secondary N) is 1. The summed E-state index contributed by atoms with van der Waals surface area (Å²) in [6.07, 6.45) is 2.31. The summed E-state index contributed by atoms with van der Waals surface area (Å²) in [6.45, 7) is 5.21. The summed E-state index contributed by atoms with van der Waals surface area (Å²) in [5.41, 5.74) is 2.77. The Kier molecular flexibility index (Phi) is 6.62. The molecule has 4 rings (SSSR count). The molecule has 1 amide bonds. The average Bonchev–Trinajstić information content (AvgIpc) is 3.21. The molecule has 0 radical (unpaired) electrons. The maximum absolute atomic E-state index is 12.7. The van der Waals surface area contributed by atoms with Gasteiger partial charge in [0.1, 0.15) is 0 Å². The van der Waals surface area contributed by atoms with Gasteiger partial charge in [-0.15, -0.1) is 0 Å². The van der Waals surface area contributed by atoms with Gasteiger partial charge in [-0.1, -0.05) is 37.3 Å². The third-order valence-electron chi connectivity index (χ3n) is 6.33. The smallest absolute Gasteiger partial charge is 0.227 e. The van der Waals surface area contributed by atoms with Crippen LogP contribution in [0.1, 0.15) is 31.7 Å². The number of piperidine rings is 1. The van der Waals surface area contributed by atoms with Gasteiger partial charge < -0.3 is 10.2 Å². The van der Waals surface area contributed by atoms with Crippen LogP contribution in [-0.2, 0) is 20.6 Å². The molecule has 0 aliphatic carbocycles. The molecule has 31 heavy (non-hydrogen) atoms. The Labute approximate surface area is 185 Å². The van der Waals surface area contributed by atoms with Gasteiger partial charge in [0, 0.05) is 43.5 Å². The maximum atomic E-state index is 12.7. The van der Waals surface area contributed by atoms with Crippen molar-refractivity contribution in [2.24, 2.45) is 11.8 Å². The van der Waals surface area contributed by atoms with Gasteiger partial charge in [-0.2, -0.15) is 0 Å². The number of amides is 1. The molecule has 2 aliphatic heterocycles. The molecule has 2 aromatic rings. The first-order valence-corrected chi connectivity index (χ1v) is 12.7. The first-order valence-electron chi connectivity index (χ1n) is 11.1. The van der Waals surface area contributed by atoms with Crippen molar-refractivity contribution in [2.45, 2.75) is 31.9 Å². The SMILES string of the molecule is CC1CCN(c2ccc(NC(=O)C3CCN(S(=O)(=O)Cc4ccccc4)CC3)cc2)C1. The number of hydrogen-bond donors (Lipinski definition) is 1. The largest absolute Gasteiger partial charge is 0.371 e. The van der Waals surface area contributed by atoms with Crippen molar-refractivity contribution >= 4 is 27.3 Å². The van der Waals surface area contributed by atoms with E-state index in [1.54, 1.807) is 0 Å². The molecule has 2 fully saturated rings. The quantitative estimate of drug-likeness (QED) is 0.742. The molecule has 2 aliphatic rings. The van der Waals surface area contributed by atoms with E-state index in [1.165, 1.54) is 16.4 Å². The van der Waals surface area contributed by atoms with Gasteiger partial charge in [0.05, 0.1) is 5.75 Å². The van der Waals surface area contributed by atoms with Crippen LogP contribution in [0.5, 0.6) is 0 Å². The van der Waals surface area contributed by atoms with E-state index in [4.69, 9.17) is 0 Å². The first-order chi connectivity index (χ1) is 14.9. The lowest BCUT2D eigenvalue weighted by atomic mass is 9.97. The monoisotopic (exact) mass is 441 g/mol. The van der Waals surface area contributed by atoms with Crippen molar-refractivity contribution in [3.8, 4) is 0 Å². The highest BCUT2D eigenvalue weighted by Crippen LogP contribution is 2.26. The molecule has 6 nitrogen and oxygen atoms in total. The van der Waals surface area contributed by atoms with Crippen molar-refractivity contribution < 1.29 is 13.2 Å². The van der Waals surface area contributed by atoms with Crippen LogP contribution < -0.4 is 10.2 Å². The molecule has 2 heterocycles. The van der Waals surface area contributed by atoms with E-state index in [-0.39, 0.29) is 17.6 Å². The van der Waals surface area contributed by atoms with Crippen molar-refractivity contribution in [3.05, 3.63) is 60.2 Å². The molecule has 0 aromatic heterocycles. The molecule has 2 saturated heterocycles. The molecule has 1 atom stereocenters. The summed E-state index contributed by atoms with van der Waals surface area (Å²) in [7, 11) is -3.36. The van der Waals surface area contributed by atoms with Crippen LogP contribution >= 0.6 is 0 Å². The standard InChI is InChI=1S/C24H31N3O3S/c1-19-11-14-26(17-19)23-9-7-22(8-10-23)25-24(28)21-12-15-27(16-13-21)31(29,30)18-20-5-3-2-4-6-20/h2-10,19,21H,11-18H2,1H3,(H,25,28). The topological polar surface area (TPSA) is 69.7 Å². The average molecular weight is 442 g/mol. The first kappa shape index (κ1) is 21.8. The van der Waals surface area contributed by atoms with E-state index in [9.17, 15) is 13.2 Å². The molecule has 2 aromatic carbocycles. The Balaban J connectivity index is 1.28. The van der Waals surface area contributed by atoms with Crippen molar-refractivity contribution in [2.75, 3.05) is 36.4 Å². The van der Waals surface area contributed by atoms with Gasteiger partial charge >= 0.3 is 0 Å². The summed E-state index contributed by atoms with van der Waals surface area (Å²) in [5, 5.41) is 3.01. The molecule has 0 saturated carbocycles. The predicted molar refractivity (Wildman–Crippen MR) is 124 cm³/mol. The van der Waals surface area contributed by atoms with E-state index in [0.29, 0.717) is 25.9 Å². The van der Waals surface area contributed by atoms with Gasteiger partial charge in [-0.25, -0.2) is 12.7 Å². The summed E-state index contributed by atoms with van der Waals surface area (Å²) in [5.74, 6) is 0.541. The van der Waals surface area contributed by atoms with Crippen molar-refractivity contribution in [1.82, 2.24) is 4.31 Å². The molecule has 166 valence electrons. The highest BCUT2D eigenvalue weighted by Gasteiger charge is 2.31. The second-order valence-corrected chi connectivity index (χ2v) is 10.8. The predicted octanol–water partition coefficient (Wildman–Crippen LogP) is 3.71. The Morgan fingerprint density at radius 3 is 2.26 bits per heavy atom. The van der Waals surface area contributed by atoms with E-state index < -0.39 is 10.0 Å². The number of nitrogens with zero attached hydrogens (tertiary/aromatic N) is 2. The number of carbonyl (C=O) groups excluding carboxylic acids is 1. The van der Waals surface area contributed by atoms with Crippen LogP contribution in [0.3, 0.4) is 0 Å². The Morgan fingerprint density at radius 2 is 1.65 bits per heavy atom. The van der Waals surface area contributed by atoms with Crippen LogP contribution in [0, 0.1) is 11.8 Å². The minimum atomic E-state index is -3.36. The number of benzene rings is 2. The van der Waals surface area contributed by atoms with Crippen LogP contribution in [0.25, 0.3) is 0 Å². The Morgan fingerprint density at radius 1 is 0.968 bits per heavy atom. The molecule has 0 spiro atoms. The zero-order chi connectivity index (χ0) is 21.8. The van der Waals surface area contributed by atoms with E-state index in [1.807, 2.05) is 42.5 Å². The minimum Gasteiger partial charge on any atom is -0.371 e. The van der Waals surface area contributed by atoms with Gasteiger partial charge in [-0.3, -0.25) is 4.79 Å². The van der Waals surface area contributed by atoms with Gasteiger partial charge in [-0.05, 0) is 55.0 Å². The zero-order valence-electron chi connectivity index (χ0n) is 18.0. The summed E-state index contributed by atoms with van der Waals surface area (Å²) < 4.78 is 26.9. The lowest BCUT2D eigenvalue weighted by molar-refractivity contribution is -0.120. The molecule has 1 N–H and O–H groups in total. The molecule has 7 heteroatoms. The van der Waals surface area contributed by atoms with Crippen LogP contribution in [0.2, 0.25) is 0 Å². The van der Waals surface area contributed by atoms with Crippen LogP contribution in [0.4, 0.5) is 11.4 Å². The molecule has 0 bridgehead atoms. The fraction of sp³-hybridized carbons (Fsp3) is 0.458. The lowest BCUT2D eigenvalue weighted by Gasteiger charge is -2.30. The molecular weight excluding hydrogens is 410 g/mol. The number of carbonyl (C=O) groups is 1. The second-order valence-electron chi connectivity index (χ2n) is 8.79. The van der Waals surface area contributed by atoms with E-state index >= 15 is 0 Å². The Bertz CT molecular complexity index is 984. The zero-order valence-corrected chi connectivity index (χ0v) is 18.9. The molecule has 1 unspecified atom stereocenters. The maximum Gasteiger partial charge on any atom is 0.227 e. The number of anilines is 2. The molecular formula is C24H31N3O3S. The fourth-order valence-electron chi connectivity index (χ4n) is 4.44. The summed E-state index contributed by atoms with van der Waals surface area (Å²) >= 11 is 0. The Hall–Kier alpha value is -2.38. The highest BCUT2D eigenvalue weighted by atomic mass is 32.2. The van der Waals surface area contributed by atoms with Crippen LogP contribution in [0.15, 0.2) is 54.6 Å². The summed E-state index contributed by atoms with van der Waals surface area (Å²) in [6, 6.07) is 17.3. The van der Waals surface area contributed by atoms with Gasteiger partial charge in [0.25, 0.3) is 0 Å². The summed E-state index contributed by atoms with van der Waals surface area (Å²) in [4.78, 5) is 15.1. The normalized spacial score (nSPS) is 20.7. The van der Waals surface area contributed by atoms with E-state index in [2.05, 4.69) is 29.3 Å². The van der Waals surface area contributed by atoms with E-state index in [0.717, 1.165) is 30.3 Å². The second kappa shape index (κ2) is 9.40. The van der Waals surface area contributed by atoms with Crippen molar-refractivity contribution in [1.29, 1.82) is 0 Å². The lowest BCUT2D eigenvalue weighted by Crippen LogP contribution is -2.41. The number of hydrogen-bond acceptors (Lipinski definition) is 4. The van der Waals surface area contributed by atoms with Gasteiger partial charge in [0.2, 0.25) is 15.9 Å². The minimum absolute atomic E-state index is 0.00679. The third-order valence-corrected chi connectivity index (χ3v) is 8.18. The number of rotatable bonds is 6. The van der Waals surface area contributed by atoms with Crippen LogP contribution in [-0.4, -0.2) is 44.8 Å².